The van der Waals surface area contributed by atoms with Crippen molar-refractivity contribution in [3.05, 3.63) is 35.4 Å². The van der Waals surface area contributed by atoms with Crippen LogP contribution >= 0.6 is 0 Å². The molecule has 1 aromatic rings. The first-order valence-electron chi connectivity index (χ1n) is 6.44. The second-order valence-electron chi connectivity index (χ2n) is 5.16. The van der Waals surface area contributed by atoms with Crippen molar-refractivity contribution in [3.8, 4) is 0 Å². The van der Waals surface area contributed by atoms with E-state index in [1.54, 1.807) is 0 Å². The van der Waals surface area contributed by atoms with Gasteiger partial charge in [-0.15, -0.1) is 0 Å². The molecule has 0 saturated carbocycles. The average molecular weight is 249 g/mol. The third kappa shape index (κ3) is 3.84. The molecule has 0 spiro atoms. The second-order valence-corrected chi connectivity index (χ2v) is 5.16. The standard InChI is InChI=1S/C15H23NO2/c1-10(2)12-5-7-13(8-6-12)15(16-4)11(3)9-14(17)18/h5-8,10-11,15-16H,9H2,1-4H3,(H,17,18). The zero-order valence-corrected chi connectivity index (χ0v) is 11.6. The quantitative estimate of drug-likeness (QED) is 0.814. The Bertz CT molecular complexity index is 384. The smallest absolute Gasteiger partial charge is 0.303 e. The van der Waals surface area contributed by atoms with Gasteiger partial charge in [-0.2, -0.15) is 0 Å². The lowest BCUT2D eigenvalue weighted by molar-refractivity contribution is -0.138. The van der Waals surface area contributed by atoms with Gasteiger partial charge in [0.15, 0.2) is 0 Å². The van der Waals surface area contributed by atoms with Gasteiger partial charge in [-0.05, 0) is 30.0 Å². The van der Waals surface area contributed by atoms with Gasteiger partial charge in [-0.25, -0.2) is 0 Å². The minimum Gasteiger partial charge on any atom is -0.481 e. The van der Waals surface area contributed by atoms with Crippen LogP contribution in [0, 0.1) is 5.92 Å². The van der Waals surface area contributed by atoms with Gasteiger partial charge in [-0.1, -0.05) is 45.0 Å². The van der Waals surface area contributed by atoms with Crippen LogP contribution in [-0.2, 0) is 4.79 Å². The van der Waals surface area contributed by atoms with Crippen molar-refractivity contribution in [1.82, 2.24) is 5.32 Å². The number of hydrogen-bond acceptors (Lipinski definition) is 2. The molecule has 2 N–H and O–H groups in total. The SMILES string of the molecule is CNC(c1ccc(C(C)C)cc1)C(C)CC(=O)O. The van der Waals surface area contributed by atoms with Gasteiger partial charge in [-0.3, -0.25) is 4.79 Å². The van der Waals surface area contributed by atoms with Crippen molar-refractivity contribution in [3.63, 3.8) is 0 Å². The molecule has 18 heavy (non-hydrogen) atoms. The molecule has 0 aliphatic carbocycles. The number of carboxylic acids is 1. The van der Waals surface area contributed by atoms with Crippen molar-refractivity contribution >= 4 is 5.97 Å². The van der Waals surface area contributed by atoms with E-state index < -0.39 is 5.97 Å². The molecule has 0 bridgehead atoms. The Labute approximate surface area is 109 Å². The van der Waals surface area contributed by atoms with Gasteiger partial charge < -0.3 is 10.4 Å². The molecule has 2 atom stereocenters. The minimum absolute atomic E-state index is 0.0670. The molecule has 0 radical (unpaired) electrons. The van der Waals surface area contributed by atoms with E-state index in [4.69, 9.17) is 5.11 Å². The molecule has 2 unspecified atom stereocenters. The monoisotopic (exact) mass is 249 g/mol. The van der Waals surface area contributed by atoms with Crippen LogP contribution in [-0.4, -0.2) is 18.1 Å². The molecule has 0 heterocycles. The van der Waals surface area contributed by atoms with E-state index in [-0.39, 0.29) is 18.4 Å². The zero-order chi connectivity index (χ0) is 13.7. The Balaban J connectivity index is 2.84. The van der Waals surface area contributed by atoms with E-state index in [2.05, 4.69) is 43.4 Å². The first-order chi connectivity index (χ1) is 8.45. The normalized spacial score (nSPS) is 14.5. The van der Waals surface area contributed by atoms with Crippen LogP contribution in [0.5, 0.6) is 0 Å². The Morgan fingerprint density at radius 3 is 2.06 bits per heavy atom. The molecular formula is C15H23NO2. The number of benzene rings is 1. The number of carboxylic acid groups (broad SMARTS) is 1. The molecular weight excluding hydrogens is 226 g/mol. The van der Waals surface area contributed by atoms with E-state index in [1.165, 1.54) is 5.56 Å². The lowest BCUT2D eigenvalue weighted by atomic mass is 9.90. The van der Waals surface area contributed by atoms with Crippen molar-refractivity contribution in [2.24, 2.45) is 5.92 Å². The van der Waals surface area contributed by atoms with Crippen molar-refractivity contribution in [2.45, 2.75) is 39.2 Å². The third-order valence-electron chi connectivity index (χ3n) is 3.34. The first kappa shape index (κ1) is 14.7. The Hall–Kier alpha value is -1.35. The molecule has 0 amide bonds. The van der Waals surface area contributed by atoms with E-state index in [0.717, 1.165) is 5.56 Å². The number of nitrogens with one attached hydrogen (secondary N) is 1. The summed E-state index contributed by atoms with van der Waals surface area (Å²) in [7, 11) is 1.87. The molecule has 3 nitrogen and oxygen atoms in total. The van der Waals surface area contributed by atoms with Gasteiger partial charge in [0.05, 0.1) is 0 Å². The maximum atomic E-state index is 10.8. The molecule has 0 aromatic heterocycles. The first-order valence-corrected chi connectivity index (χ1v) is 6.44. The topological polar surface area (TPSA) is 49.3 Å². The van der Waals surface area contributed by atoms with Crippen molar-refractivity contribution in [1.29, 1.82) is 0 Å². The zero-order valence-electron chi connectivity index (χ0n) is 11.6. The highest BCUT2D eigenvalue weighted by molar-refractivity contribution is 5.67. The summed E-state index contributed by atoms with van der Waals surface area (Å²) in [5, 5.41) is 12.1. The van der Waals surface area contributed by atoms with Crippen LogP contribution in [0.2, 0.25) is 0 Å². The Morgan fingerprint density at radius 2 is 1.67 bits per heavy atom. The molecule has 1 aromatic carbocycles. The van der Waals surface area contributed by atoms with Gasteiger partial charge >= 0.3 is 5.97 Å². The lowest BCUT2D eigenvalue weighted by Gasteiger charge is -2.23. The fourth-order valence-electron chi connectivity index (χ4n) is 2.26. The number of rotatable bonds is 6. The van der Waals surface area contributed by atoms with Gasteiger partial charge in [0.25, 0.3) is 0 Å². The average Bonchev–Trinajstić information content (AvgIpc) is 2.29. The number of aliphatic carboxylic acids is 1. The van der Waals surface area contributed by atoms with Gasteiger partial charge in [0.1, 0.15) is 0 Å². The van der Waals surface area contributed by atoms with E-state index in [9.17, 15) is 4.79 Å². The van der Waals surface area contributed by atoms with Crippen LogP contribution in [0.15, 0.2) is 24.3 Å². The fourth-order valence-corrected chi connectivity index (χ4v) is 2.26. The summed E-state index contributed by atoms with van der Waals surface area (Å²) in [5.41, 5.74) is 2.45. The van der Waals surface area contributed by atoms with Crippen LogP contribution < -0.4 is 5.32 Å². The molecule has 0 fully saturated rings. The van der Waals surface area contributed by atoms with Gasteiger partial charge in [0, 0.05) is 12.5 Å². The maximum absolute atomic E-state index is 10.8. The van der Waals surface area contributed by atoms with Crippen LogP contribution in [0.4, 0.5) is 0 Å². The van der Waals surface area contributed by atoms with E-state index in [0.29, 0.717) is 5.92 Å². The molecule has 3 heteroatoms. The summed E-state index contributed by atoms with van der Waals surface area (Å²) in [6, 6.07) is 8.52. The summed E-state index contributed by atoms with van der Waals surface area (Å²) in [4.78, 5) is 10.8. The Kier molecular flexibility index (Phi) is 5.35. The third-order valence-corrected chi connectivity index (χ3v) is 3.34. The largest absolute Gasteiger partial charge is 0.481 e. The van der Waals surface area contributed by atoms with Crippen molar-refractivity contribution in [2.75, 3.05) is 7.05 Å². The van der Waals surface area contributed by atoms with E-state index >= 15 is 0 Å². The molecule has 100 valence electrons. The minimum atomic E-state index is -0.749. The van der Waals surface area contributed by atoms with Gasteiger partial charge in [0.2, 0.25) is 0 Å². The highest BCUT2D eigenvalue weighted by Gasteiger charge is 2.20. The lowest BCUT2D eigenvalue weighted by Crippen LogP contribution is -2.25. The van der Waals surface area contributed by atoms with Crippen molar-refractivity contribution < 1.29 is 9.90 Å². The summed E-state index contributed by atoms with van der Waals surface area (Å²) < 4.78 is 0. The number of carbonyl (C=O) groups is 1. The number of hydrogen-bond donors (Lipinski definition) is 2. The highest BCUT2D eigenvalue weighted by atomic mass is 16.4. The predicted octanol–water partition coefficient (Wildman–Crippen LogP) is 3.18. The second kappa shape index (κ2) is 6.55. The Morgan fingerprint density at radius 1 is 1.17 bits per heavy atom. The fraction of sp³-hybridized carbons (Fsp3) is 0.533. The van der Waals surface area contributed by atoms with Crippen LogP contribution in [0.1, 0.15) is 50.3 Å². The molecule has 1 rings (SSSR count). The highest BCUT2D eigenvalue weighted by Crippen LogP contribution is 2.25. The predicted molar refractivity (Wildman–Crippen MR) is 73.7 cm³/mol. The van der Waals surface area contributed by atoms with Crippen LogP contribution in [0.25, 0.3) is 0 Å². The summed E-state index contributed by atoms with van der Waals surface area (Å²) in [5.74, 6) is -0.164. The molecule has 0 aliphatic heterocycles. The summed E-state index contributed by atoms with van der Waals surface area (Å²) in [6.07, 6.45) is 0.178. The molecule has 0 saturated heterocycles. The molecule has 0 aliphatic rings. The summed E-state index contributed by atoms with van der Waals surface area (Å²) >= 11 is 0. The summed E-state index contributed by atoms with van der Waals surface area (Å²) in [6.45, 7) is 6.29. The maximum Gasteiger partial charge on any atom is 0.303 e. The van der Waals surface area contributed by atoms with E-state index in [1.807, 2.05) is 14.0 Å². The van der Waals surface area contributed by atoms with Crippen LogP contribution in [0.3, 0.4) is 0 Å².